The van der Waals surface area contributed by atoms with E-state index in [9.17, 15) is 9.59 Å². The maximum atomic E-state index is 12.6. The van der Waals surface area contributed by atoms with Crippen LogP contribution in [0, 0.1) is 0 Å². The second kappa shape index (κ2) is 6.49. The molecule has 0 bridgehead atoms. The van der Waals surface area contributed by atoms with Crippen molar-refractivity contribution in [2.24, 2.45) is 0 Å². The number of urea groups is 1. The Morgan fingerprint density at radius 3 is 2.83 bits per heavy atom. The summed E-state index contributed by atoms with van der Waals surface area (Å²) >= 11 is 9.22. The van der Waals surface area contributed by atoms with Crippen LogP contribution in [0.1, 0.15) is 12.7 Å². The lowest BCUT2D eigenvalue weighted by molar-refractivity contribution is -0.131. The Bertz CT molecular complexity index is 780. The fourth-order valence-electron chi connectivity index (χ4n) is 2.47. The number of benzene rings is 1. The van der Waals surface area contributed by atoms with E-state index in [1.165, 1.54) is 6.26 Å². The molecule has 2 heterocycles. The highest BCUT2D eigenvalue weighted by molar-refractivity contribution is 9.10. The van der Waals surface area contributed by atoms with Crippen LogP contribution in [0.25, 0.3) is 0 Å². The minimum Gasteiger partial charge on any atom is -0.491 e. The van der Waals surface area contributed by atoms with E-state index in [2.05, 4.69) is 21.2 Å². The quantitative estimate of drug-likeness (QED) is 0.761. The largest absolute Gasteiger partial charge is 0.491 e. The van der Waals surface area contributed by atoms with Gasteiger partial charge in [0, 0.05) is 5.02 Å². The van der Waals surface area contributed by atoms with Crippen LogP contribution in [-0.2, 0) is 10.3 Å². The lowest BCUT2D eigenvalue weighted by Gasteiger charge is -2.19. The normalized spacial score (nSPS) is 20.4. The molecule has 0 saturated carbocycles. The zero-order valence-electron chi connectivity index (χ0n) is 12.7. The van der Waals surface area contributed by atoms with Gasteiger partial charge in [-0.3, -0.25) is 9.69 Å². The summed E-state index contributed by atoms with van der Waals surface area (Å²) in [6.07, 6.45) is 1.46. The van der Waals surface area contributed by atoms with E-state index < -0.39 is 11.6 Å². The average molecular weight is 414 g/mol. The molecule has 1 aliphatic heterocycles. The first kappa shape index (κ1) is 16.9. The van der Waals surface area contributed by atoms with E-state index in [1.54, 1.807) is 37.3 Å². The Labute approximate surface area is 151 Å². The van der Waals surface area contributed by atoms with E-state index in [0.29, 0.717) is 21.0 Å². The first-order valence-electron chi connectivity index (χ1n) is 7.18. The van der Waals surface area contributed by atoms with Gasteiger partial charge in [-0.2, -0.15) is 0 Å². The number of amides is 3. The second-order valence-corrected chi connectivity index (χ2v) is 6.70. The first-order chi connectivity index (χ1) is 11.4. The SMILES string of the molecule is CC1(c2ccco2)NC(=O)N(CCOc2ccc(Cl)cc2Br)C1=O. The summed E-state index contributed by atoms with van der Waals surface area (Å²) in [7, 11) is 0. The molecule has 1 aliphatic rings. The number of hydrogen-bond acceptors (Lipinski definition) is 4. The van der Waals surface area contributed by atoms with Crippen LogP contribution < -0.4 is 10.1 Å². The van der Waals surface area contributed by atoms with Crippen molar-refractivity contribution in [2.75, 3.05) is 13.2 Å². The Hall–Kier alpha value is -1.99. The third kappa shape index (κ3) is 3.01. The molecule has 3 rings (SSSR count). The van der Waals surface area contributed by atoms with E-state index >= 15 is 0 Å². The number of nitrogens with zero attached hydrogens (tertiary/aromatic N) is 1. The van der Waals surface area contributed by atoms with Crippen molar-refractivity contribution in [3.8, 4) is 5.75 Å². The predicted octanol–water partition coefficient (Wildman–Crippen LogP) is 3.54. The van der Waals surface area contributed by atoms with Gasteiger partial charge in [-0.05, 0) is 53.2 Å². The molecule has 0 aliphatic carbocycles. The van der Waals surface area contributed by atoms with E-state index in [4.69, 9.17) is 20.8 Å². The van der Waals surface area contributed by atoms with Crippen molar-refractivity contribution in [1.82, 2.24) is 10.2 Å². The molecule has 8 heteroatoms. The number of ether oxygens (including phenoxy) is 1. The Morgan fingerprint density at radius 2 is 2.17 bits per heavy atom. The van der Waals surface area contributed by atoms with Gasteiger partial charge in [0.05, 0.1) is 17.3 Å². The van der Waals surface area contributed by atoms with Gasteiger partial charge >= 0.3 is 6.03 Å². The van der Waals surface area contributed by atoms with Crippen molar-refractivity contribution in [2.45, 2.75) is 12.5 Å². The predicted molar refractivity (Wildman–Crippen MR) is 91.0 cm³/mol. The number of imide groups is 1. The molecule has 0 spiro atoms. The van der Waals surface area contributed by atoms with Gasteiger partial charge in [0.15, 0.2) is 5.54 Å². The smallest absolute Gasteiger partial charge is 0.325 e. The van der Waals surface area contributed by atoms with E-state index in [-0.39, 0.29) is 19.1 Å². The highest BCUT2D eigenvalue weighted by Gasteiger charge is 2.50. The summed E-state index contributed by atoms with van der Waals surface area (Å²) in [6, 6.07) is 7.97. The highest BCUT2D eigenvalue weighted by atomic mass is 79.9. The zero-order chi connectivity index (χ0) is 17.3. The minimum absolute atomic E-state index is 0.121. The molecular formula is C16H14BrClN2O4. The number of halogens is 2. The summed E-state index contributed by atoms with van der Waals surface area (Å²) in [6.45, 7) is 1.90. The number of carbonyl (C=O) groups is 2. The summed E-state index contributed by atoms with van der Waals surface area (Å²) in [5, 5.41) is 3.24. The van der Waals surface area contributed by atoms with Gasteiger partial charge < -0.3 is 14.5 Å². The Balaban J connectivity index is 1.65. The molecule has 1 fully saturated rings. The zero-order valence-corrected chi connectivity index (χ0v) is 15.1. The van der Waals surface area contributed by atoms with Crippen LogP contribution in [0.3, 0.4) is 0 Å². The molecule has 1 atom stereocenters. The molecule has 6 nitrogen and oxygen atoms in total. The number of nitrogens with one attached hydrogen (secondary N) is 1. The van der Waals surface area contributed by atoms with Crippen LogP contribution in [0.5, 0.6) is 5.75 Å². The van der Waals surface area contributed by atoms with Gasteiger partial charge in [-0.25, -0.2) is 4.79 Å². The standard InChI is InChI=1S/C16H14BrClN2O4/c1-16(13-3-2-7-24-13)14(21)20(15(22)19-16)6-8-23-12-5-4-10(18)9-11(12)17/h2-5,7,9H,6,8H2,1H3,(H,19,22). The van der Waals surface area contributed by atoms with Crippen LogP contribution in [0.4, 0.5) is 4.79 Å². The van der Waals surface area contributed by atoms with Crippen LogP contribution >= 0.6 is 27.5 Å². The maximum Gasteiger partial charge on any atom is 0.325 e. The van der Waals surface area contributed by atoms with Crippen molar-refractivity contribution in [1.29, 1.82) is 0 Å². The third-order valence-electron chi connectivity index (χ3n) is 3.76. The molecule has 3 amide bonds. The number of rotatable bonds is 5. The molecule has 1 aromatic heterocycles. The van der Waals surface area contributed by atoms with Crippen molar-refractivity contribution in [3.63, 3.8) is 0 Å². The van der Waals surface area contributed by atoms with Gasteiger partial charge in [0.25, 0.3) is 5.91 Å². The van der Waals surface area contributed by atoms with Gasteiger partial charge in [-0.1, -0.05) is 11.6 Å². The summed E-state index contributed by atoms with van der Waals surface area (Å²) in [5.41, 5.74) is -1.19. The van der Waals surface area contributed by atoms with Crippen LogP contribution in [0.2, 0.25) is 5.02 Å². The molecule has 0 radical (unpaired) electrons. The lowest BCUT2D eigenvalue weighted by Crippen LogP contribution is -2.41. The number of furan rings is 1. The van der Waals surface area contributed by atoms with Gasteiger partial charge in [0.2, 0.25) is 0 Å². The first-order valence-corrected chi connectivity index (χ1v) is 8.35. The molecule has 2 aromatic rings. The fourth-order valence-corrected chi connectivity index (χ4v) is 3.27. The van der Waals surface area contributed by atoms with Crippen molar-refractivity contribution in [3.05, 3.63) is 51.9 Å². The van der Waals surface area contributed by atoms with Gasteiger partial charge in [0.1, 0.15) is 18.1 Å². The number of carbonyl (C=O) groups excluding carboxylic acids is 2. The fraction of sp³-hybridized carbons (Fsp3) is 0.250. The maximum absolute atomic E-state index is 12.6. The topological polar surface area (TPSA) is 71.8 Å². The molecule has 24 heavy (non-hydrogen) atoms. The van der Waals surface area contributed by atoms with Crippen molar-refractivity contribution >= 4 is 39.5 Å². The Kier molecular flexibility index (Phi) is 4.56. The van der Waals surface area contributed by atoms with E-state index in [1.807, 2.05) is 0 Å². The minimum atomic E-state index is -1.19. The summed E-state index contributed by atoms with van der Waals surface area (Å²) < 4.78 is 11.6. The lowest BCUT2D eigenvalue weighted by atomic mass is 9.99. The molecular weight excluding hydrogens is 400 g/mol. The average Bonchev–Trinajstić information content (AvgIpc) is 3.13. The molecule has 1 N–H and O–H groups in total. The second-order valence-electron chi connectivity index (χ2n) is 5.41. The molecule has 1 aromatic carbocycles. The molecule has 1 unspecified atom stereocenters. The van der Waals surface area contributed by atoms with Gasteiger partial charge in [-0.15, -0.1) is 0 Å². The third-order valence-corrected chi connectivity index (χ3v) is 4.61. The van der Waals surface area contributed by atoms with Crippen LogP contribution in [0.15, 0.2) is 45.5 Å². The molecule has 1 saturated heterocycles. The molecule has 126 valence electrons. The van der Waals surface area contributed by atoms with E-state index in [0.717, 1.165) is 4.90 Å². The number of hydrogen-bond donors (Lipinski definition) is 1. The Morgan fingerprint density at radius 1 is 1.38 bits per heavy atom. The van der Waals surface area contributed by atoms with Crippen LogP contribution in [-0.4, -0.2) is 30.0 Å². The van der Waals surface area contributed by atoms with Crippen molar-refractivity contribution < 1.29 is 18.7 Å². The summed E-state index contributed by atoms with van der Waals surface area (Å²) in [5.74, 6) is 0.603. The summed E-state index contributed by atoms with van der Waals surface area (Å²) in [4.78, 5) is 25.8. The monoisotopic (exact) mass is 412 g/mol. The highest BCUT2D eigenvalue weighted by Crippen LogP contribution is 2.30.